The Balaban J connectivity index is 1.07. The lowest BCUT2D eigenvalue weighted by atomic mass is 9.44. The van der Waals surface area contributed by atoms with E-state index in [1.54, 1.807) is 6.92 Å². The monoisotopic (exact) mass is 470 g/mol. The first-order valence-electron chi connectivity index (χ1n) is 13.9. The average molecular weight is 471 g/mol. The van der Waals surface area contributed by atoms with Gasteiger partial charge in [0, 0.05) is 17.4 Å². The molecule has 0 aromatic carbocycles. The third-order valence-electron chi connectivity index (χ3n) is 11.0. The van der Waals surface area contributed by atoms with Crippen LogP contribution in [-0.4, -0.2) is 30.9 Å². The van der Waals surface area contributed by atoms with Gasteiger partial charge in [-0.3, -0.25) is 4.79 Å². The van der Waals surface area contributed by atoms with Crippen molar-refractivity contribution in [2.75, 3.05) is 13.4 Å². The van der Waals surface area contributed by atoms with E-state index in [1.807, 2.05) is 0 Å². The summed E-state index contributed by atoms with van der Waals surface area (Å²) in [5.41, 5.74) is -0.0806. The van der Waals surface area contributed by atoms with Crippen molar-refractivity contribution >= 4 is 11.9 Å². The Bertz CT molecular complexity index is 822. The Hall–Kier alpha value is -1.36. The molecule has 8 aliphatic carbocycles. The predicted molar refractivity (Wildman–Crippen MR) is 127 cm³/mol. The topological polar surface area (TPSA) is 61.8 Å². The van der Waals surface area contributed by atoms with Crippen LogP contribution < -0.4 is 0 Å². The van der Waals surface area contributed by atoms with Crippen LogP contribution in [-0.2, 0) is 23.8 Å². The molecule has 5 heteroatoms. The quantitative estimate of drug-likeness (QED) is 0.194. The third kappa shape index (κ3) is 3.59. The summed E-state index contributed by atoms with van der Waals surface area (Å²) in [6.45, 7) is 8.46. The lowest BCUT2D eigenvalue weighted by molar-refractivity contribution is -0.233. The molecule has 8 bridgehead atoms. The van der Waals surface area contributed by atoms with Gasteiger partial charge in [-0.25, -0.2) is 4.79 Å². The molecular weight excluding hydrogens is 428 g/mol. The molecule has 188 valence electrons. The first kappa shape index (κ1) is 23.1. The average Bonchev–Trinajstić information content (AvgIpc) is 2.77. The second-order valence-electron chi connectivity index (χ2n) is 13.4. The van der Waals surface area contributed by atoms with E-state index in [9.17, 15) is 9.59 Å². The van der Waals surface area contributed by atoms with Crippen molar-refractivity contribution in [2.24, 2.45) is 46.3 Å². The van der Waals surface area contributed by atoms with E-state index in [4.69, 9.17) is 14.2 Å². The molecule has 0 spiro atoms. The highest BCUT2D eigenvalue weighted by Crippen LogP contribution is 2.66. The van der Waals surface area contributed by atoms with Crippen molar-refractivity contribution in [2.45, 2.75) is 96.5 Å². The Kier molecular flexibility index (Phi) is 5.48. The zero-order valence-corrected chi connectivity index (χ0v) is 21.1. The number of carbonyl (C=O) groups excluding carboxylic acids is 2. The largest absolute Gasteiger partial charge is 0.455 e. The number of esters is 2. The van der Waals surface area contributed by atoms with Gasteiger partial charge in [-0.05, 0) is 113 Å². The molecule has 5 nitrogen and oxygen atoms in total. The Labute approximate surface area is 204 Å². The zero-order valence-electron chi connectivity index (χ0n) is 21.1. The fraction of sp³-hybridized carbons (Fsp3) is 0.862. The van der Waals surface area contributed by atoms with E-state index >= 15 is 0 Å². The molecule has 0 amide bonds. The normalized spacial score (nSPS) is 47.6. The van der Waals surface area contributed by atoms with E-state index in [2.05, 4.69) is 13.5 Å². The fourth-order valence-corrected chi connectivity index (χ4v) is 10.4. The lowest BCUT2D eigenvalue weighted by Crippen LogP contribution is -2.64. The van der Waals surface area contributed by atoms with Gasteiger partial charge in [0.25, 0.3) is 0 Å². The standard InChI is InChI=1S/C29H42O5/c1-4-29(34-25(30)18(2)3)23-8-22-9-24(29)15-28(13-22,14-23)26(31)33-17-32-16-27-10-19-5-20(11-27)7-21(6-19)12-27/h19-24H,2,4-17H2,1,3H3. The van der Waals surface area contributed by atoms with Gasteiger partial charge in [0.05, 0.1) is 12.0 Å². The van der Waals surface area contributed by atoms with Gasteiger partial charge in [-0.1, -0.05) is 13.5 Å². The molecule has 8 rings (SSSR count). The van der Waals surface area contributed by atoms with Gasteiger partial charge in [0.15, 0.2) is 6.79 Å². The first-order chi connectivity index (χ1) is 16.2. The van der Waals surface area contributed by atoms with Gasteiger partial charge < -0.3 is 14.2 Å². The van der Waals surface area contributed by atoms with E-state index in [0.717, 1.165) is 62.9 Å². The zero-order chi connectivity index (χ0) is 23.7. The minimum atomic E-state index is -0.453. The number of hydrogen-bond acceptors (Lipinski definition) is 5. The first-order valence-corrected chi connectivity index (χ1v) is 13.9. The molecule has 0 saturated heterocycles. The maximum atomic E-state index is 13.4. The number of rotatable bonds is 8. The van der Waals surface area contributed by atoms with Crippen molar-refractivity contribution < 1.29 is 23.8 Å². The van der Waals surface area contributed by atoms with Gasteiger partial charge in [0.1, 0.15) is 5.60 Å². The van der Waals surface area contributed by atoms with E-state index < -0.39 is 11.0 Å². The second-order valence-corrected chi connectivity index (χ2v) is 13.4. The smallest absolute Gasteiger partial charge is 0.333 e. The van der Waals surface area contributed by atoms with Crippen molar-refractivity contribution in [1.29, 1.82) is 0 Å². The highest BCUT2D eigenvalue weighted by Gasteiger charge is 2.66. The summed E-state index contributed by atoms with van der Waals surface area (Å²) >= 11 is 0. The van der Waals surface area contributed by atoms with E-state index in [1.165, 1.54) is 38.5 Å². The van der Waals surface area contributed by atoms with Gasteiger partial charge in [-0.15, -0.1) is 0 Å². The van der Waals surface area contributed by atoms with E-state index in [-0.39, 0.29) is 30.6 Å². The van der Waals surface area contributed by atoms with Crippen LogP contribution in [0.4, 0.5) is 0 Å². The van der Waals surface area contributed by atoms with Crippen LogP contribution in [0.25, 0.3) is 0 Å². The minimum absolute atomic E-state index is 0.0756. The van der Waals surface area contributed by atoms with Crippen LogP contribution in [0.3, 0.4) is 0 Å². The molecule has 34 heavy (non-hydrogen) atoms. The number of ether oxygens (including phenoxy) is 3. The molecule has 0 aromatic heterocycles. The van der Waals surface area contributed by atoms with Gasteiger partial charge >= 0.3 is 11.9 Å². The highest BCUT2D eigenvalue weighted by molar-refractivity contribution is 5.87. The van der Waals surface area contributed by atoms with Crippen molar-refractivity contribution in [3.63, 3.8) is 0 Å². The summed E-state index contributed by atoms with van der Waals surface area (Å²) in [4.78, 5) is 25.9. The van der Waals surface area contributed by atoms with E-state index in [0.29, 0.717) is 16.9 Å². The highest BCUT2D eigenvalue weighted by atomic mass is 16.7. The molecule has 0 N–H and O–H groups in total. The predicted octanol–water partition coefficient (Wildman–Crippen LogP) is 5.81. The molecule has 8 fully saturated rings. The van der Waals surface area contributed by atoms with Crippen molar-refractivity contribution in [3.8, 4) is 0 Å². The Morgan fingerprint density at radius 1 is 0.853 bits per heavy atom. The SMILES string of the molecule is C=C(C)C(=O)OC1(CC)C2CC3CC1CC(C(=O)OCOCC14CC5CC(CC(C5)C1)C4)(C3)C2. The van der Waals surface area contributed by atoms with Crippen LogP contribution in [0.15, 0.2) is 12.2 Å². The molecule has 8 aliphatic rings. The van der Waals surface area contributed by atoms with Crippen LogP contribution >= 0.6 is 0 Å². The molecule has 0 aromatic rings. The van der Waals surface area contributed by atoms with Crippen molar-refractivity contribution in [3.05, 3.63) is 12.2 Å². The molecule has 2 atom stereocenters. The maximum absolute atomic E-state index is 13.4. The minimum Gasteiger partial charge on any atom is -0.455 e. The summed E-state index contributed by atoms with van der Waals surface area (Å²) in [6.07, 6.45) is 13.6. The summed E-state index contributed by atoms with van der Waals surface area (Å²) in [5.74, 6) is 3.34. The molecule has 0 radical (unpaired) electrons. The summed E-state index contributed by atoms with van der Waals surface area (Å²) in [7, 11) is 0. The summed E-state index contributed by atoms with van der Waals surface area (Å²) in [5, 5.41) is 0. The maximum Gasteiger partial charge on any atom is 0.333 e. The number of hydrogen-bond donors (Lipinski definition) is 0. The van der Waals surface area contributed by atoms with Crippen LogP contribution in [0, 0.1) is 46.3 Å². The third-order valence-corrected chi connectivity index (χ3v) is 11.0. The summed E-state index contributed by atoms with van der Waals surface area (Å²) < 4.78 is 18.1. The molecule has 8 saturated carbocycles. The lowest BCUT2D eigenvalue weighted by Gasteiger charge is -2.63. The molecule has 0 aliphatic heterocycles. The molecule has 0 heterocycles. The molecule has 2 unspecified atom stereocenters. The van der Waals surface area contributed by atoms with Crippen LogP contribution in [0.5, 0.6) is 0 Å². The second kappa shape index (κ2) is 8.08. The summed E-state index contributed by atoms with van der Waals surface area (Å²) in [6, 6.07) is 0. The van der Waals surface area contributed by atoms with Crippen LogP contribution in [0.1, 0.15) is 90.9 Å². The number of carbonyl (C=O) groups is 2. The van der Waals surface area contributed by atoms with Crippen molar-refractivity contribution in [1.82, 2.24) is 0 Å². The van der Waals surface area contributed by atoms with Gasteiger partial charge in [-0.2, -0.15) is 0 Å². The Morgan fingerprint density at radius 3 is 1.94 bits per heavy atom. The van der Waals surface area contributed by atoms with Crippen LogP contribution in [0.2, 0.25) is 0 Å². The molecular formula is C29H42O5. The van der Waals surface area contributed by atoms with Gasteiger partial charge in [0.2, 0.25) is 0 Å². The fourth-order valence-electron chi connectivity index (χ4n) is 10.4. The Morgan fingerprint density at radius 2 is 1.41 bits per heavy atom.